The van der Waals surface area contributed by atoms with Gasteiger partial charge in [-0.05, 0) is 135 Å². The van der Waals surface area contributed by atoms with E-state index in [4.69, 9.17) is 14.2 Å². The Labute approximate surface area is 450 Å². The van der Waals surface area contributed by atoms with Crippen LogP contribution in [0.25, 0.3) is 0 Å². The van der Waals surface area contributed by atoms with Crippen molar-refractivity contribution in [1.82, 2.24) is 0 Å². The normalized spacial score (nSPS) is 13.0. The standard InChI is InChI=1S/C67H110O6/c1-4-7-10-13-16-19-22-25-28-31-33-36-39-42-45-48-51-54-57-60-66(69)72-63-64(62-71-65(68)59-56-53-50-47-44-41-38-35-30-27-24-21-18-15-12-9-6-3)73-67(70)61-58-55-52-49-46-43-40-37-34-32-29-26-23-20-17-14-11-8-5-2/h7,10,16-21,25-30,33,36,38,41-42,45,64H,4-6,8-9,11-15,22-24,31-32,34-35,37,39-40,43-44,46-63H2,1-3H3/b10-7-,19-16-,20-17-,21-18-,28-25-,29-26-,30-27-,36-33-,41-38-,45-42-/t64-/m0/s1. The van der Waals surface area contributed by atoms with Gasteiger partial charge in [0.05, 0.1) is 0 Å². The summed E-state index contributed by atoms with van der Waals surface area (Å²) >= 11 is 0. The van der Waals surface area contributed by atoms with Crippen LogP contribution in [-0.4, -0.2) is 37.2 Å². The minimum atomic E-state index is -0.808. The van der Waals surface area contributed by atoms with Gasteiger partial charge in [0.25, 0.3) is 0 Å². The molecule has 0 aliphatic rings. The first-order chi connectivity index (χ1) is 36.0. The predicted octanol–water partition coefficient (Wildman–Crippen LogP) is 20.4. The van der Waals surface area contributed by atoms with E-state index >= 15 is 0 Å². The molecule has 0 fully saturated rings. The second kappa shape index (κ2) is 60.4. The van der Waals surface area contributed by atoms with Gasteiger partial charge >= 0.3 is 17.9 Å². The molecule has 0 aromatic carbocycles. The van der Waals surface area contributed by atoms with Crippen molar-refractivity contribution in [3.8, 4) is 0 Å². The van der Waals surface area contributed by atoms with Crippen molar-refractivity contribution >= 4 is 17.9 Å². The predicted molar refractivity (Wildman–Crippen MR) is 316 cm³/mol. The van der Waals surface area contributed by atoms with Crippen molar-refractivity contribution in [1.29, 1.82) is 0 Å². The number of ether oxygens (including phenoxy) is 3. The summed E-state index contributed by atoms with van der Waals surface area (Å²) in [4.78, 5) is 38.3. The average molecular weight is 1010 g/mol. The molecule has 0 unspecified atom stereocenters. The highest BCUT2D eigenvalue weighted by atomic mass is 16.6. The Morgan fingerprint density at radius 1 is 0.288 bits per heavy atom. The number of esters is 3. The minimum absolute atomic E-state index is 0.105. The van der Waals surface area contributed by atoms with Gasteiger partial charge in [-0.25, -0.2) is 0 Å². The van der Waals surface area contributed by atoms with Crippen LogP contribution in [0.5, 0.6) is 0 Å². The lowest BCUT2D eigenvalue weighted by Crippen LogP contribution is -2.30. The molecular formula is C67H110O6. The highest BCUT2D eigenvalue weighted by Crippen LogP contribution is 2.14. The quantitative estimate of drug-likeness (QED) is 0.0261. The molecule has 0 bridgehead atoms. The molecule has 0 aliphatic carbocycles. The van der Waals surface area contributed by atoms with E-state index in [1.807, 2.05) is 0 Å². The van der Waals surface area contributed by atoms with Crippen LogP contribution in [0.15, 0.2) is 122 Å². The van der Waals surface area contributed by atoms with Gasteiger partial charge in [0.1, 0.15) is 13.2 Å². The number of unbranched alkanes of at least 4 members (excludes halogenated alkanes) is 22. The van der Waals surface area contributed by atoms with Gasteiger partial charge in [0.2, 0.25) is 0 Å². The maximum Gasteiger partial charge on any atom is 0.306 e. The lowest BCUT2D eigenvalue weighted by atomic mass is 10.1. The van der Waals surface area contributed by atoms with E-state index in [1.54, 1.807) is 0 Å². The summed E-state index contributed by atoms with van der Waals surface area (Å²) in [6.45, 7) is 6.43. The fraction of sp³-hybridized carbons (Fsp3) is 0.657. The summed E-state index contributed by atoms with van der Waals surface area (Å²) < 4.78 is 16.9. The number of hydrogen-bond donors (Lipinski definition) is 0. The number of carbonyl (C=O) groups is 3. The van der Waals surface area contributed by atoms with E-state index < -0.39 is 6.10 Å². The molecule has 6 heteroatoms. The molecular weight excluding hydrogens is 901 g/mol. The van der Waals surface area contributed by atoms with Gasteiger partial charge in [0, 0.05) is 19.3 Å². The summed E-state index contributed by atoms with van der Waals surface area (Å²) in [6.07, 6.45) is 83.3. The van der Waals surface area contributed by atoms with Crippen LogP contribution in [0, 0.1) is 0 Å². The monoisotopic (exact) mass is 1010 g/mol. The Bertz CT molecular complexity index is 1540. The van der Waals surface area contributed by atoms with Crippen LogP contribution in [0.1, 0.15) is 265 Å². The van der Waals surface area contributed by atoms with Crippen molar-refractivity contribution in [3.63, 3.8) is 0 Å². The molecule has 6 nitrogen and oxygen atoms in total. The molecule has 0 aliphatic heterocycles. The zero-order valence-electron chi connectivity index (χ0n) is 47.4. The average Bonchev–Trinajstić information content (AvgIpc) is 3.39. The van der Waals surface area contributed by atoms with Crippen LogP contribution in [0.3, 0.4) is 0 Å². The van der Waals surface area contributed by atoms with Gasteiger partial charge in [-0.2, -0.15) is 0 Å². The minimum Gasteiger partial charge on any atom is -0.462 e. The Kier molecular flexibility index (Phi) is 56.9. The number of rotatable bonds is 53. The Hall–Kier alpha value is -4.19. The summed E-state index contributed by atoms with van der Waals surface area (Å²) in [6, 6.07) is 0. The topological polar surface area (TPSA) is 78.9 Å². The Balaban J connectivity index is 4.51. The third-order valence-electron chi connectivity index (χ3n) is 12.4. The van der Waals surface area contributed by atoms with E-state index in [2.05, 4.69) is 142 Å². The van der Waals surface area contributed by atoms with E-state index in [-0.39, 0.29) is 31.1 Å². The molecule has 0 aromatic rings. The van der Waals surface area contributed by atoms with Gasteiger partial charge in [-0.1, -0.05) is 232 Å². The third kappa shape index (κ3) is 58.6. The summed E-state index contributed by atoms with van der Waals surface area (Å²) in [7, 11) is 0. The zero-order chi connectivity index (χ0) is 52.9. The van der Waals surface area contributed by atoms with Gasteiger partial charge in [0.15, 0.2) is 6.10 Å². The molecule has 0 amide bonds. The lowest BCUT2D eigenvalue weighted by molar-refractivity contribution is -0.167. The van der Waals surface area contributed by atoms with E-state index in [0.29, 0.717) is 19.3 Å². The van der Waals surface area contributed by atoms with Gasteiger partial charge in [-0.3, -0.25) is 14.4 Å². The molecule has 0 rings (SSSR count). The maximum atomic E-state index is 12.9. The van der Waals surface area contributed by atoms with Crippen molar-refractivity contribution < 1.29 is 28.6 Å². The van der Waals surface area contributed by atoms with Crippen LogP contribution >= 0.6 is 0 Å². The summed E-state index contributed by atoms with van der Waals surface area (Å²) in [5.41, 5.74) is 0. The molecule has 0 aromatic heterocycles. The van der Waals surface area contributed by atoms with Crippen LogP contribution in [0.2, 0.25) is 0 Å². The molecule has 0 heterocycles. The highest BCUT2D eigenvalue weighted by molar-refractivity contribution is 5.71. The fourth-order valence-electron chi connectivity index (χ4n) is 7.92. The SMILES string of the molecule is CC/C=C\C/C=C\C/C=C\C/C=C\C/C=C\CCCCCC(=O)OC[C@H](COC(=O)CCCCCC/C=C\C/C=C\C/C=C\CCCCC)OC(=O)CCCCCCCCCCC/C=C\C/C=C\CCCCC. The third-order valence-corrected chi connectivity index (χ3v) is 12.4. The lowest BCUT2D eigenvalue weighted by Gasteiger charge is -2.18. The van der Waals surface area contributed by atoms with Gasteiger partial charge in [-0.15, -0.1) is 0 Å². The van der Waals surface area contributed by atoms with Crippen LogP contribution < -0.4 is 0 Å². The van der Waals surface area contributed by atoms with E-state index in [0.717, 1.165) is 128 Å². The molecule has 0 spiro atoms. The van der Waals surface area contributed by atoms with Crippen LogP contribution in [-0.2, 0) is 28.6 Å². The summed E-state index contributed by atoms with van der Waals surface area (Å²) in [5.74, 6) is -0.960. The highest BCUT2D eigenvalue weighted by Gasteiger charge is 2.19. The van der Waals surface area contributed by atoms with E-state index in [1.165, 1.54) is 96.3 Å². The zero-order valence-corrected chi connectivity index (χ0v) is 47.4. The maximum absolute atomic E-state index is 12.9. The van der Waals surface area contributed by atoms with Crippen molar-refractivity contribution in [3.05, 3.63) is 122 Å². The smallest absolute Gasteiger partial charge is 0.306 e. The molecule has 0 N–H and O–H groups in total. The van der Waals surface area contributed by atoms with Crippen LogP contribution in [0.4, 0.5) is 0 Å². The molecule has 414 valence electrons. The largest absolute Gasteiger partial charge is 0.462 e. The molecule has 0 radical (unpaired) electrons. The first kappa shape index (κ1) is 68.8. The first-order valence-corrected chi connectivity index (χ1v) is 30.0. The van der Waals surface area contributed by atoms with Crippen molar-refractivity contribution in [2.45, 2.75) is 271 Å². The Morgan fingerprint density at radius 3 is 0.849 bits per heavy atom. The van der Waals surface area contributed by atoms with Crippen molar-refractivity contribution in [2.75, 3.05) is 13.2 Å². The molecule has 0 saturated carbocycles. The van der Waals surface area contributed by atoms with E-state index in [9.17, 15) is 14.4 Å². The molecule has 1 atom stereocenters. The first-order valence-electron chi connectivity index (χ1n) is 30.0. The second-order valence-electron chi connectivity index (χ2n) is 19.5. The fourth-order valence-corrected chi connectivity index (χ4v) is 7.92. The van der Waals surface area contributed by atoms with Crippen molar-refractivity contribution in [2.24, 2.45) is 0 Å². The number of carbonyl (C=O) groups excluding carboxylic acids is 3. The second-order valence-corrected chi connectivity index (χ2v) is 19.5. The van der Waals surface area contributed by atoms with Gasteiger partial charge < -0.3 is 14.2 Å². The number of hydrogen-bond acceptors (Lipinski definition) is 6. The molecule has 73 heavy (non-hydrogen) atoms. The molecule has 0 saturated heterocycles. The summed E-state index contributed by atoms with van der Waals surface area (Å²) in [5, 5.41) is 0. The Morgan fingerprint density at radius 2 is 0.534 bits per heavy atom. The number of allylic oxidation sites excluding steroid dienone is 20.